The van der Waals surface area contributed by atoms with Crippen LogP contribution in [-0.4, -0.2) is 39.3 Å². The van der Waals surface area contributed by atoms with Gasteiger partial charge in [-0.15, -0.1) is 0 Å². The van der Waals surface area contributed by atoms with Gasteiger partial charge < -0.3 is 5.11 Å². The Kier molecular flexibility index (Phi) is 3.66. The quantitative estimate of drug-likeness (QED) is 0.902. The largest absolute Gasteiger partial charge is 0.481 e. The van der Waals surface area contributed by atoms with Gasteiger partial charge in [-0.1, -0.05) is 30.0 Å². The van der Waals surface area contributed by atoms with Crippen molar-refractivity contribution in [3.8, 4) is 0 Å². The van der Waals surface area contributed by atoms with Crippen LogP contribution in [-0.2, 0) is 9.59 Å². The van der Waals surface area contributed by atoms with Crippen LogP contribution in [0.3, 0.4) is 0 Å². The van der Waals surface area contributed by atoms with Gasteiger partial charge in [0.15, 0.2) is 5.17 Å². The fourth-order valence-corrected chi connectivity index (χ4v) is 2.71. The fourth-order valence-electron chi connectivity index (χ4n) is 1.57. The number of benzene rings is 1. The molecule has 1 heterocycles. The number of para-hydroxylation sites is 1. The number of aliphatic carboxylic acids is 1. The summed E-state index contributed by atoms with van der Waals surface area (Å²) >= 11 is 1.20. The highest BCUT2D eigenvalue weighted by molar-refractivity contribution is 8.15. The molecule has 2 rings (SSSR count). The van der Waals surface area contributed by atoms with Gasteiger partial charge in [0.2, 0.25) is 5.91 Å². The zero-order valence-corrected chi connectivity index (χ0v) is 10.6. The molecule has 0 radical (unpaired) electrons. The van der Waals surface area contributed by atoms with E-state index in [0.29, 0.717) is 5.17 Å². The van der Waals surface area contributed by atoms with Crippen molar-refractivity contribution in [3.05, 3.63) is 30.3 Å². The van der Waals surface area contributed by atoms with Gasteiger partial charge in [0.05, 0.1) is 12.1 Å². The highest BCUT2D eigenvalue weighted by Crippen LogP contribution is 2.30. The number of carboxylic acid groups (broad SMARTS) is 1. The lowest BCUT2D eigenvalue weighted by atomic mass is 10.3. The third-order valence-electron chi connectivity index (χ3n) is 2.48. The molecule has 1 aliphatic heterocycles. The molecule has 1 fully saturated rings. The molecule has 5 nitrogen and oxygen atoms in total. The summed E-state index contributed by atoms with van der Waals surface area (Å²) < 4.78 is 0. The Hall–Kier alpha value is -1.82. The summed E-state index contributed by atoms with van der Waals surface area (Å²) in [5, 5.41) is 8.70. The predicted octanol–water partition coefficient (Wildman–Crippen LogP) is 1.72. The van der Waals surface area contributed by atoms with E-state index in [4.69, 9.17) is 5.11 Å². The van der Waals surface area contributed by atoms with Crippen molar-refractivity contribution in [2.45, 2.75) is 11.7 Å². The highest BCUT2D eigenvalue weighted by Gasteiger charge is 2.36. The lowest BCUT2D eigenvalue weighted by Crippen LogP contribution is -2.28. The summed E-state index contributed by atoms with van der Waals surface area (Å²) in [6, 6.07) is 9.26. The van der Waals surface area contributed by atoms with Gasteiger partial charge in [-0.2, -0.15) is 0 Å². The Labute approximate surface area is 109 Å². The lowest BCUT2D eigenvalue weighted by Gasteiger charge is -2.07. The first kappa shape index (κ1) is 12.6. The average molecular weight is 264 g/mol. The van der Waals surface area contributed by atoms with Crippen molar-refractivity contribution in [2.24, 2.45) is 4.99 Å². The normalized spacial score (nSPS) is 21.6. The van der Waals surface area contributed by atoms with Crippen molar-refractivity contribution >= 4 is 34.5 Å². The van der Waals surface area contributed by atoms with Crippen molar-refractivity contribution in [3.63, 3.8) is 0 Å². The summed E-state index contributed by atoms with van der Waals surface area (Å²) in [6.45, 7) is 0. The van der Waals surface area contributed by atoms with Gasteiger partial charge >= 0.3 is 5.97 Å². The number of carbonyl (C=O) groups excluding carboxylic acids is 1. The molecule has 6 heteroatoms. The first-order valence-electron chi connectivity index (χ1n) is 5.37. The lowest BCUT2D eigenvalue weighted by molar-refractivity contribution is -0.139. The summed E-state index contributed by atoms with van der Waals surface area (Å²) in [6.07, 6.45) is -0.179. The van der Waals surface area contributed by atoms with Gasteiger partial charge in [0.25, 0.3) is 0 Å². The Bertz CT molecular complexity index is 501. The molecule has 1 N–H and O–H groups in total. The first-order chi connectivity index (χ1) is 8.58. The first-order valence-corrected chi connectivity index (χ1v) is 6.25. The van der Waals surface area contributed by atoms with E-state index in [-0.39, 0.29) is 12.3 Å². The standard InChI is InChI=1S/C12H12N2O3S/c1-14-11(17)9(7-10(15)16)18-12(14)13-8-5-3-2-4-6-8/h2-6,9H,7H2,1H3,(H,15,16)/t9-/m1/s1. The molecule has 0 unspecified atom stereocenters. The van der Waals surface area contributed by atoms with Crippen molar-refractivity contribution < 1.29 is 14.7 Å². The topological polar surface area (TPSA) is 70.0 Å². The SMILES string of the molecule is CN1C(=O)[C@@H](CC(=O)O)SC1=Nc1ccccc1. The number of nitrogens with zero attached hydrogens (tertiary/aromatic N) is 2. The Morgan fingerprint density at radius 1 is 1.44 bits per heavy atom. The van der Waals surface area contributed by atoms with Crippen LogP contribution in [0.4, 0.5) is 5.69 Å². The molecular weight excluding hydrogens is 252 g/mol. The molecule has 1 amide bonds. The predicted molar refractivity (Wildman–Crippen MR) is 69.9 cm³/mol. The van der Waals surface area contributed by atoms with E-state index in [0.717, 1.165) is 5.69 Å². The van der Waals surface area contributed by atoms with Gasteiger partial charge in [0, 0.05) is 7.05 Å². The maximum atomic E-state index is 11.8. The third-order valence-corrected chi connectivity index (χ3v) is 3.71. The average Bonchev–Trinajstić information content (AvgIpc) is 2.58. The van der Waals surface area contributed by atoms with E-state index >= 15 is 0 Å². The fraction of sp³-hybridized carbons (Fsp3) is 0.250. The smallest absolute Gasteiger partial charge is 0.305 e. The monoisotopic (exact) mass is 264 g/mol. The van der Waals surface area contributed by atoms with E-state index in [2.05, 4.69) is 4.99 Å². The second-order valence-electron chi connectivity index (χ2n) is 3.83. The zero-order chi connectivity index (χ0) is 13.1. The Morgan fingerprint density at radius 3 is 2.72 bits per heavy atom. The van der Waals surface area contributed by atoms with Crippen molar-refractivity contribution in [1.82, 2.24) is 4.90 Å². The number of hydrogen-bond donors (Lipinski definition) is 1. The third kappa shape index (κ3) is 2.70. The Morgan fingerprint density at radius 2 is 2.11 bits per heavy atom. The number of hydrogen-bond acceptors (Lipinski definition) is 4. The summed E-state index contributed by atoms with van der Waals surface area (Å²) in [5.41, 5.74) is 0.746. The molecule has 0 bridgehead atoms. The van der Waals surface area contributed by atoms with E-state index in [1.54, 1.807) is 7.05 Å². The van der Waals surface area contributed by atoms with Crippen molar-refractivity contribution in [2.75, 3.05) is 7.05 Å². The number of rotatable bonds is 3. The second-order valence-corrected chi connectivity index (χ2v) is 5.00. The Balaban J connectivity index is 2.18. The van der Waals surface area contributed by atoms with Crippen LogP contribution in [0.15, 0.2) is 35.3 Å². The van der Waals surface area contributed by atoms with Crippen LogP contribution in [0.5, 0.6) is 0 Å². The molecule has 0 aromatic heterocycles. The van der Waals surface area contributed by atoms with Crippen molar-refractivity contribution in [1.29, 1.82) is 0 Å². The number of carboxylic acids is 1. The van der Waals surface area contributed by atoms with Gasteiger partial charge in [-0.3, -0.25) is 14.5 Å². The minimum absolute atomic E-state index is 0.179. The van der Waals surface area contributed by atoms with Crippen LogP contribution in [0, 0.1) is 0 Å². The van der Waals surface area contributed by atoms with E-state index in [1.165, 1.54) is 16.7 Å². The maximum absolute atomic E-state index is 11.8. The van der Waals surface area contributed by atoms with E-state index in [9.17, 15) is 9.59 Å². The van der Waals surface area contributed by atoms with Crippen LogP contribution < -0.4 is 0 Å². The molecule has 1 aromatic rings. The maximum Gasteiger partial charge on any atom is 0.305 e. The minimum atomic E-state index is -0.977. The molecule has 0 saturated carbocycles. The molecule has 18 heavy (non-hydrogen) atoms. The van der Waals surface area contributed by atoms with Crippen LogP contribution in [0.25, 0.3) is 0 Å². The molecular formula is C12H12N2O3S. The van der Waals surface area contributed by atoms with Gasteiger partial charge in [-0.25, -0.2) is 4.99 Å². The van der Waals surface area contributed by atoms with Crippen LogP contribution in [0.1, 0.15) is 6.42 Å². The molecule has 0 spiro atoms. The summed E-state index contributed by atoms with van der Waals surface area (Å²) in [4.78, 5) is 28.2. The number of aliphatic imine (C=N–C) groups is 1. The molecule has 1 aromatic carbocycles. The number of thioether (sulfide) groups is 1. The molecule has 94 valence electrons. The summed E-state index contributed by atoms with van der Waals surface area (Å²) in [5.74, 6) is -1.19. The number of amides is 1. The molecule has 1 aliphatic rings. The second kappa shape index (κ2) is 5.22. The van der Waals surface area contributed by atoms with E-state index < -0.39 is 11.2 Å². The highest BCUT2D eigenvalue weighted by atomic mass is 32.2. The zero-order valence-electron chi connectivity index (χ0n) is 9.74. The number of carbonyl (C=O) groups is 2. The van der Waals surface area contributed by atoms with Gasteiger partial charge in [-0.05, 0) is 12.1 Å². The molecule has 0 aliphatic carbocycles. The molecule has 1 atom stereocenters. The number of amidine groups is 1. The summed E-state index contributed by atoms with van der Waals surface area (Å²) in [7, 11) is 1.61. The van der Waals surface area contributed by atoms with Crippen LogP contribution >= 0.6 is 11.8 Å². The molecule has 1 saturated heterocycles. The van der Waals surface area contributed by atoms with E-state index in [1.807, 2.05) is 30.3 Å². The minimum Gasteiger partial charge on any atom is -0.481 e. The van der Waals surface area contributed by atoms with Crippen LogP contribution in [0.2, 0.25) is 0 Å². The van der Waals surface area contributed by atoms with Gasteiger partial charge in [0.1, 0.15) is 5.25 Å².